The van der Waals surface area contributed by atoms with Crippen molar-refractivity contribution in [1.29, 1.82) is 0 Å². The molecule has 0 radical (unpaired) electrons. The summed E-state index contributed by atoms with van der Waals surface area (Å²) in [5.74, 6) is -1.37. The van der Waals surface area contributed by atoms with Crippen LogP contribution in [0.4, 0.5) is 13.2 Å². The van der Waals surface area contributed by atoms with E-state index in [0.29, 0.717) is 12.0 Å². The van der Waals surface area contributed by atoms with Crippen molar-refractivity contribution in [2.75, 3.05) is 0 Å². The van der Waals surface area contributed by atoms with Crippen molar-refractivity contribution in [1.82, 2.24) is 5.32 Å². The highest BCUT2D eigenvalue weighted by Gasteiger charge is 2.21. The number of rotatable bonds is 9. The van der Waals surface area contributed by atoms with Crippen molar-refractivity contribution >= 4 is 5.70 Å². The molecule has 1 rings (SSSR count). The predicted octanol–water partition coefficient (Wildman–Crippen LogP) is 6.85. The van der Waals surface area contributed by atoms with E-state index in [4.69, 9.17) is 0 Å². The lowest BCUT2D eigenvalue weighted by atomic mass is 9.92. The second kappa shape index (κ2) is 11.4. The largest absolute Gasteiger partial charge is 0.361 e. The Hall–Kier alpha value is -2.23. The van der Waals surface area contributed by atoms with Crippen molar-refractivity contribution in [2.24, 2.45) is 0 Å². The number of alkyl halides is 1. The maximum Gasteiger partial charge on any atom is 0.135 e. The topological polar surface area (TPSA) is 12.0 Å². The minimum atomic E-state index is -1.10. The van der Waals surface area contributed by atoms with E-state index in [-0.39, 0.29) is 17.7 Å². The monoisotopic (exact) mass is 363 g/mol. The van der Waals surface area contributed by atoms with Gasteiger partial charge in [0, 0.05) is 6.42 Å². The lowest BCUT2D eigenvalue weighted by Gasteiger charge is -2.20. The molecule has 1 unspecified atom stereocenters. The van der Waals surface area contributed by atoms with E-state index >= 15 is 0 Å². The molecule has 4 heteroatoms. The maximum absolute atomic E-state index is 14.5. The quantitative estimate of drug-likeness (QED) is 0.473. The fourth-order valence-electron chi connectivity index (χ4n) is 2.63. The third kappa shape index (κ3) is 5.94. The van der Waals surface area contributed by atoms with Gasteiger partial charge in [-0.05, 0) is 56.2 Å². The molecule has 0 aliphatic carbocycles. The Balaban J connectivity index is 3.78. The van der Waals surface area contributed by atoms with Crippen LogP contribution in [-0.2, 0) is 0 Å². The van der Waals surface area contributed by atoms with Crippen molar-refractivity contribution in [3.63, 3.8) is 0 Å². The molecule has 0 spiro atoms. The lowest BCUT2D eigenvalue weighted by Crippen LogP contribution is -2.14. The molecule has 0 bridgehead atoms. The van der Waals surface area contributed by atoms with E-state index in [1.54, 1.807) is 26.1 Å². The van der Waals surface area contributed by atoms with E-state index in [2.05, 4.69) is 5.32 Å². The average Bonchev–Trinajstić information content (AvgIpc) is 2.62. The van der Waals surface area contributed by atoms with Crippen LogP contribution in [-0.4, -0.2) is 6.17 Å². The van der Waals surface area contributed by atoms with Gasteiger partial charge in [0.1, 0.15) is 17.8 Å². The predicted molar refractivity (Wildman–Crippen MR) is 104 cm³/mol. The van der Waals surface area contributed by atoms with E-state index in [9.17, 15) is 13.2 Å². The summed E-state index contributed by atoms with van der Waals surface area (Å²) in [6.45, 7) is 7.37. The first-order valence-electron chi connectivity index (χ1n) is 9.02. The van der Waals surface area contributed by atoms with Crippen LogP contribution in [0, 0.1) is 11.6 Å². The average molecular weight is 363 g/mol. The summed E-state index contributed by atoms with van der Waals surface area (Å²) in [5, 5.41) is 2.97. The molecule has 1 aromatic rings. The molecule has 1 atom stereocenters. The summed E-state index contributed by atoms with van der Waals surface area (Å²) < 4.78 is 43.2. The number of hydrogen-bond acceptors (Lipinski definition) is 1. The molecule has 0 fully saturated rings. The normalized spacial score (nSPS) is 14.8. The zero-order valence-corrected chi connectivity index (χ0v) is 16.0. The third-order valence-electron chi connectivity index (χ3n) is 3.90. The van der Waals surface area contributed by atoms with Gasteiger partial charge >= 0.3 is 0 Å². The van der Waals surface area contributed by atoms with Crippen LogP contribution in [0.1, 0.15) is 52.5 Å². The van der Waals surface area contributed by atoms with E-state index in [0.717, 1.165) is 12.0 Å². The summed E-state index contributed by atoms with van der Waals surface area (Å²) in [7, 11) is 0. The SMILES string of the molecule is C\C=C/C(=C\CC)C(/CC(F)CC)=C(/N/C=C/C)c1c(F)cccc1F. The number of hydrogen-bond donors (Lipinski definition) is 1. The first kappa shape index (κ1) is 21.8. The van der Waals surface area contributed by atoms with Crippen LogP contribution in [0.25, 0.3) is 5.70 Å². The van der Waals surface area contributed by atoms with Gasteiger partial charge in [0.15, 0.2) is 0 Å². The highest BCUT2D eigenvalue weighted by Crippen LogP contribution is 2.31. The van der Waals surface area contributed by atoms with Gasteiger partial charge in [-0.15, -0.1) is 0 Å². The fraction of sp³-hybridized carbons (Fsp3) is 0.364. The lowest BCUT2D eigenvalue weighted by molar-refractivity contribution is 0.323. The summed E-state index contributed by atoms with van der Waals surface area (Å²) in [4.78, 5) is 0. The Kier molecular flexibility index (Phi) is 9.56. The van der Waals surface area contributed by atoms with Crippen LogP contribution in [0.3, 0.4) is 0 Å². The number of benzene rings is 1. The van der Waals surface area contributed by atoms with Gasteiger partial charge in [-0.1, -0.05) is 44.2 Å². The van der Waals surface area contributed by atoms with Crippen molar-refractivity contribution in [2.45, 2.75) is 53.1 Å². The van der Waals surface area contributed by atoms with Crippen LogP contribution in [0.15, 0.2) is 59.8 Å². The summed E-state index contributed by atoms with van der Waals surface area (Å²) in [5.41, 5.74) is 1.41. The first-order chi connectivity index (χ1) is 12.5. The first-order valence-corrected chi connectivity index (χ1v) is 9.02. The summed E-state index contributed by atoms with van der Waals surface area (Å²) in [6, 6.07) is 3.73. The Morgan fingerprint density at radius 3 is 2.27 bits per heavy atom. The molecule has 142 valence electrons. The number of nitrogens with one attached hydrogen (secondary N) is 1. The van der Waals surface area contributed by atoms with Crippen molar-refractivity contribution in [3.8, 4) is 0 Å². The molecule has 26 heavy (non-hydrogen) atoms. The zero-order chi connectivity index (χ0) is 19.5. The molecule has 0 aromatic heterocycles. The second-order valence-corrected chi connectivity index (χ2v) is 5.87. The maximum atomic E-state index is 14.5. The van der Waals surface area contributed by atoms with Crippen LogP contribution in [0.5, 0.6) is 0 Å². The summed E-state index contributed by atoms with van der Waals surface area (Å²) >= 11 is 0. The van der Waals surface area contributed by atoms with Gasteiger partial charge in [-0.2, -0.15) is 0 Å². The molecule has 1 aromatic carbocycles. The van der Waals surface area contributed by atoms with Gasteiger partial charge in [0.05, 0.1) is 11.3 Å². The minimum Gasteiger partial charge on any atom is -0.361 e. The second-order valence-electron chi connectivity index (χ2n) is 5.87. The molecule has 1 nitrogen and oxygen atoms in total. The highest BCUT2D eigenvalue weighted by molar-refractivity contribution is 5.73. The Bertz CT molecular complexity index is 679. The Morgan fingerprint density at radius 1 is 1.12 bits per heavy atom. The van der Waals surface area contributed by atoms with Crippen LogP contribution >= 0.6 is 0 Å². The highest BCUT2D eigenvalue weighted by atomic mass is 19.1. The molecule has 0 saturated carbocycles. The zero-order valence-electron chi connectivity index (χ0n) is 16.0. The third-order valence-corrected chi connectivity index (χ3v) is 3.90. The standard InChI is InChI=1S/C22H28F3N/c1-5-10-16(11-6-2)18(15-17(23)8-4)22(26-14-7-3)21-19(24)12-9-13-20(21)25/h5,7,9-14,17,26H,6,8,15H2,1-4H3/b10-5-,14-7+,16-11+,22-18+. The fourth-order valence-corrected chi connectivity index (χ4v) is 2.63. The minimum absolute atomic E-state index is 0.0698. The smallest absolute Gasteiger partial charge is 0.135 e. The van der Waals surface area contributed by atoms with Gasteiger partial charge in [-0.3, -0.25) is 0 Å². The van der Waals surface area contributed by atoms with E-state index < -0.39 is 17.8 Å². The molecule has 0 aliphatic rings. The molecule has 0 heterocycles. The number of halogens is 3. The van der Waals surface area contributed by atoms with E-state index in [1.165, 1.54) is 18.2 Å². The van der Waals surface area contributed by atoms with Gasteiger partial charge in [0.25, 0.3) is 0 Å². The Labute approximate surface area is 155 Å². The molecule has 0 saturated heterocycles. The van der Waals surface area contributed by atoms with Crippen molar-refractivity contribution < 1.29 is 13.2 Å². The van der Waals surface area contributed by atoms with Crippen LogP contribution in [0.2, 0.25) is 0 Å². The molecular weight excluding hydrogens is 335 g/mol. The molecule has 1 N–H and O–H groups in total. The Morgan fingerprint density at radius 2 is 1.77 bits per heavy atom. The van der Waals surface area contributed by atoms with Gasteiger partial charge in [0.2, 0.25) is 0 Å². The molecule has 0 aliphatic heterocycles. The summed E-state index contributed by atoms with van der Waals surface area (Å²) in [6.07, 6.45) is 8.96. The molecule has 0 amide bonds. The molecular formula is C22H28F3N. The van der Waals surface area contributed by atoms with Crippen LogP contribution < -0.4 is 5.32 Å². The number of allylic oxidation sites excluding steroid dienone is 6. The van der Waals surface area contributed by atoms with Crippen molar-refractivity contribution in [3.05, 3.63) is 77.0 Å². The van der Waals surface area contributed by atoms with E-state index in [1.807, 2.05) is 32.1 Å². The van der Waals surface area contributed by atoms with Gasteiger partial charge < -0.3 is 5.32 Å². The van der Waals surface area contributed by atoms with Gasteiger partial charge in [-0.25, -0.2) is 13.2 Å².